The topological polar surface area (TPSA) is 58.7 Å². The lowest BCUT2D eigenvalue weighted by atomic mass is 9.79. The van der Waals surface area contributed by atoms with Gasteiger partial charge in [0.25, 0.3) is 0 Å². The normalized spacial score (nSPS) is 29.1. The van der Waals surface area contributed by atoms with Gasteiger partial charge in [-0.3, -0.25) is 4.90 Å². The van der Waals surface area contributed by atoms with Crippen LogP contribution < -0.4 is 0 Å². The quantitative estimate of drug-likeness (QED) is 0.909. The Bertz CT molecular complexity index is 787. The molecular weight excluding hydrogens is 328 g/mol. The van der Waals surface area contributed by atoms with Crippen LogP contribution in [0.1, 0.15) is 42.7 Å². The van der Waals surface area contributed by atoms with E-state index in [-0.39, 0.29) is 17.7 Å². The zero-order valence-corrected chi connectivity index (χ0v) is 15.9. The van der Waals surface area contributed by atoms with Crippen LogP contribution in [-0.2, 0) is 11.3 Å². The zero-order chi connectivity index (χ0) is 18.3. The minimum absolute atomic E-state index is 0.115. The predicted molar refractivity (Wildman–Crippen MR) is 99.8 cm³/mol. The Morgan fingerprint density at radius 2 is 2.19 bits per heavy atom. The number of aliphatic hydroxyl groups is 1. The molecule has 2 aromatic rings. The van der Waals surface area contributed by atoms with Crippen molar-refractivity contribution in [3.63, 3.8) is 0 Å². The summed E-state index contributed by atoms with van der Waals surface area (Å²) >= 11 is 0. The highest BCUT2D eigenvalue weighted by molar-refractivity contribution is 5.54. The molecule has 1 aliphatic carbocycles. The van der Waals surface area contributed by atoms with Gasteiger partial charge in [-0.2, -0.15) is 0 Å². The third-order valence-electron chi connectivity index (χ3n) is 6.18. The number of aliphatic hydroxyl groups excluding tert-OH is 1. The highest BCUT2D eigenvalue weighted by Crippen LogP contribution is 2.43. The van der Waals surface area contributed by atoms with Crippen molar-refractivity contribution >= 4 is 0 Å². The molecule has 1 aromatic carbocycles. The second kappa shape index (κ2) is 6.80. The number of oxazole rings is 1. The number of fused-ring (bicyclic) bond motifs is 1. The first-order chi connectivity index (χ1) is 12.5. The van der Waals surface area contributed by atoms with Crippen molar-refractivity contribution in [3.05, 3.63) is 41.3 Å². The maximum absolute atomic E-state index is 10.2. The number of likely N-dealkylation sites (tertiary alicyclic amines) is 1. The Morgan fingerprint density at radius 1 is 1.35 bits per heavy atom. The maximum atomic E-state index is 10.2. The van der Waals surface area contributed by atoms with E-state index >= 15 is 0 Å². The van der Waals surface area contributed by atoms with Crippen molar-refractivity contribution in [2.75, 3.05) is 13.7 Å². The number of aryl methyl sites for hydroxylation is 2. The van der Waals surface area contributed by atoms with Crippen LogP contribution in [0, 0.1) is 13.8 Å². The maximum Gasteiger partial charge on any atom is 0.226 e. The highest BCUT2D eigenvalue weighted by Gasteiger charge is 2.50. The van der Waals surface area contributed by atoms with Crippen molar-refractivity contribution in [2.45, 2.75) is 63.8 Å². The molecule has 5 nitrogen and oxygen atoms in total. The van der Waals surface area contributed by atoms with Gasteiger partial charge in [-0.05, 0) is 51.7 Å². The average Bonchev–Trinajstić information content (AvgIpc) is 3.17. The van der Waals surface area contributed by atoms with Crippen LogP contribution in [0.3, 0.4) is 0 Å². The van der Waals surface area contributed by atoms with Crippen LogP contribution in [0.4, 0.5) is 0 Å². The van der Waals surface area contributed by atoms with E-state index in [0.29, 0.717) is 5.89 Å². The number of hydrogen-bond acceptors (Lipinski definition) is 5. The Hall–Kier alpha value is -1.69. The summed E-state index contributed by atoms with van der Waals surface area (Å²) in [5.74, 6) is 1.55. The summed E-state index contributed by atoms with van der Waals surface area (Å²) in [6, 6.07) is 8.47. The summed E-state index contributed by atoms with van der Waals surface area (Å²) in [7, 11) is 1.81. The molecule has 1 N–H and O–H groups in total. The van der Waals surface area contributed by atoms with E-state index in [1.54, 1.807) is 0 Å². The molecule has 0 bridgehead atoms. The number of rotatable bonds is 4. The van der Waals surface area contributed by atoms with Crippen LogP contribution in [0.5, 0.6) is 0 Å². The first kappa shape index (κ1) is 17.7. The number of aromatic nitrogens is 1. The van der Waals surface area contributed by atoms with Crippen molar-refractivity contribution in [1.82, 2.24) is 9.88 Å². The number of benzene rings is 1. The third-order valence-corrected chi connectivity index (χ3v) is 6.18. The lowest BCUT2D eigenvalue weighted by molar-refractivity contribution is -0.0880. The smallest absolute Gasteiger partial charge is 0.226 e. The van der Waals surface area contributed by atoms with Crippen LogP contribution in [0.15, 0.2) is 28.7 Å². The van der Waals surface area contributed by atoms with Crippen LogP contribution in [0.2, 0.25) is 0 Å². The molecule has 1 aromatic heterocycles. The van der Waals surface area contributed by atoms with Gasteiger partial charge in [-0.1, -0.05) is 17.7 Å². The zero-order valence-electron chi connectivity index (χ0n) is 15.9. The molecule has 0 spiro atoms. The Kier molecular flexibility index (Phi) is 4.63. The van der Waals surface area contributed by atoms with Crippen LogP contribution in [0.25, 0.3) is 11.5 Å². The van der Waals surface area contributed by atoms with Gasteiger partial charge in [0.05, 0.1) is 17.4 Å². The second-order valence-corrected chi connectivity index (χ2v) is 7.82. The molecular formula is C21H28N2O3. The Labute approximate surface area is 155 Å². The Balaban J connectivity index is 1.56. The first-order valence-corrected chi connectivity index (χ1v) is 9.51. The molecule has 1 aliphatic heterocycles. The standard InChI is InChI=1S/C21H28N2O3/c1-14-5-4-6-16(11-14)20-22-18(15(2)26-20)13-23-10-9-21(25-3)8-7-17(24)12-19(21)23/h4-6,11,17,19,24H,7-10,12-13H2,1-3H3/t17-,19-,21+/m1/s1. The third kappa shape index (κ3) is 3.08. The average molecular weight is 356 g/mol. The molecule has 2 fully saturated rings. The Morgan fingerprint density at radius 3 is 2.96 bits per heavy atom. The summed E-state index contributed by atoms with van der Waals surface area (Å²) < 4.78 is 11.9. The fourth-order valence-corrected chi connectivity index (χ4v) is 4.63. The fraction of sp³-hybridized carbons (Fsp3) is 0.571. The van der Waals surface area contributed by atoms with E-state index in [1.807, 2.05) is 26.2 Å². The minimum Gasteiger partial charge on any atom is -0.441 e. The molecule has 0 unspecified atom stereocenters. The number of nitrogens with zero attached hydrogens (tertiary/aromatic N) is 2. The van der Waals surface area contributed by atoms with Crippen molar-refractivity contribution in [3.8, 4) is 11.5 Å². The van der Waals surface area contributed by atoms with E-state index < -0.39 is 0 Å². The largest absolute Gasteiger partial charge is 0.441 e. The van der Waals surface area contributed by atoms with Gasteiger partial charge in [0, 0.05) is 31.8 Å². The lowest BCUT2D eigenvalue weighted by Crippen LogP contribution is -2.51. The van der Waals surface area contributed by atoms with E-state index in [0.717, 1.165) is 55.8 Å². The lowest BCUT2D eigenvalue weighted by Gasteiger charge is -2.42. The van der Waals surface area contributed by atoms with Gasteiger partial charge < -0.3 is 14.3 Å². The second-order valence-electron chi connectivity index (χ2n) is 7.82. The van der Waals surface area contributed by atoms with Crippen molar-refractivity contribution < 1.29 is 14.3 Å². The van der Waals surface area contributed by atoms with Gasteiger partial charge in [-0.15, -0.1) is 0 Å². The first-order valence-electron chi connectivity index (χ1n) is 9.51. The molecule has 4 rings (SSSR count). The number of methoxy groups -OCH3 is 1. The molecule has 5 heteroatoms. The monoisotopic (exact) mass is 356 g/mol. The van der Waals surface area contributed by atoms with E-state index in [2.05, 4.69) is 24.0 Å². The molecule has 0 amide bonds. The molecule has 140 valence electrons. The predicted octanol–water partition coefficient (Wildman–Crippen LogP) is 3.46. The molecule has 0 radical (unpaired) electrons. The summed E-state index contributed by atoms with van der Waals surface area (Å²) in [6.45, 7) is 5.76. The van der Waals surface area contributed by atoms with E-state index in [4.69, 9.17) is 14.1 Å². The molecule has 2 aliphatic rings. The SMILES string of the molecule is CO[C@]12CC[C@@H](O)C[C@H]1N(Cc1nc(-c3cccc(C)c3)oc1C)CC2. The van der Waals surface area contributed by atoms with Gasteiger partial charge in [0.2, 0.25) is 5.89 Å². The molecule has 1 saturated carbocycles. The van der Waals surface area contributed by atoms with Crippen molar-refractivity contribution in [2.24, 2.45) is 0 Å². The van der Waals surface area contributed by atoms with Gasteiger partial charge in [0.15, 0.2) is 0 Å². The summed E-state index contributed by atoms with van der Waals surface area (Å²) in [4.78, 5) is 7.19. The van der Waals surface area contributed by atoms with Gasteiger partial charge >= 0.3 is 0 Å². The summed E-state index contributed by atoms with van der Waals surface area (Å²) in [6.07, 6.45) is 3.32. The summed E-state index contributed by atoms with van der Waals surface area (Å²) in [5, 5.41) is 10.2. The molecule has 1 saturated heterocycles. The number of hydrogen-bond donors (Lipinski definition) is 1. The van der Waals surface area contributed by atoms with Gasteiger partial charge in [-0.25, -0.2) is 4.98 Å². The van der Waals surface area contributed by atoms with Crippen LogP contribution in [-0.4, -0.2) is 46.4 Å². The van der Waals surface area contributed by atoms with Crippen LogP contribution >= 0.6 is 0 Å². The van der Waals surface area contributed by atoms with Crippen molar-refractivity contribution in [1.29, 1.82) is 0 Å². The number of ether oxygens (including phenoxy) is 1. The summed E-state index contributed by atoms with van der Waals surface area (Å²) in [5.41, 5.74) is 3.07. The van der Waals surface area contributed by atoms with E-state index in [1.165, 1.54) is 5.56 Å². The fourth-order valence-electron chi connectivity index (χ4n) is 4.63. The van der Waals surface area contributed by atoms with Gasteiger partial charge in [0.1, 0.15) is 5.76 Å². The minimum atomic E-state index is -0.231. The molecule has 2 heterocycles. The molecule has 3 atom stereocenters. The molecule has 26 heavy (non-hydrogen) atoms. The van der Waals surface area contributed by atoms with E-state index in [9.17, 15) is 5.11 Å². The highest BCUT2D eigenvalue weighted by atomic mass is 16.5.